The lowest BCUT2D eigenvalue weighted by atomic mass is 10.1. The van der Waals surface area contributed by atoms with E-state index in [1.54, 1.807) is 12.1 Å². The Bertz CT molecular complexity index is 619. The van der Waals surface area contributed by atoms with Gasteiger partial charge in [-0.05, 0) is 36.4 Å². The monoisotopic (exact) mass is 415 g/mol. The fourth-order valence-corrected chi connectivity index (χ4v) is 2.71. The summed E-state index contributed by atoms with van der Waals surface area (Å²) in [6.45, 7) is 4.15. The second kappa shape index (κ2) is 7.92. The maximum Gasteiger partial charge on any atom is 0.165 e. The van der Waals surface area contributed by atoms with Crippen LogP contribution in [-0.2, 0) is 13.2 Å². The van der Waals surface area contributed by atoms with Crippen molar-refractivity contribution in [1.82, 2.24) is 5.32 Å². The first-order chi connectivity index (χ1) is 10.1. The lowest BCUT2D eigenvalue weighted by molar-refractivity contribution is 0.289. The highest BCUT2D eigenvalue weighted by molar-refractivity contribution is 9.10. The largest absolute Gasteiger partial charge is 0.486 e. The molecule has 0 bridgehead atoms. The summed E-state index contributed by atoms with van der Waals surface area (Å²) < 4.78 is 20.9. The average molecular weight is 417 g/mol. The molecule has 0 radical (unpaired) electrons. The van der Waals surface area contributed by atoms with Gasteiger partial charge in [0.1, 0.15) is 6.61 Å². The van der Waals surface area contributed by atoms with Crippen LogP contribution in [0.1, 0.15) is 18.1 Å². The van der Waals surface area contributed by atoms with Crippen LogP contribution in [0, 0.1) is 5.82 Å². The predicted molar refractivity (Wildman–Crippen MR) is 90.0 cm³/mol. The van der Waals surface area contributed by atoms with Crippen LogP contribution in [-0.4, -0.2) is 6.54 Å². The van der Waals surface area contributed by atoms with E-state index >= 15 is 0 Å². The van der Waals surface area contributed by atoms with Crippen LogP contribution >= 0.6 is 31.9 Å². The van der Waals surface area contributed by atoms with Gasteiger partial charge >= 0.3 is 0 Å². The van der Waals surface area contributed by atoms with Crippen LogP contribution < -0.4 is 10.1 Å². The van der Waals surface area contributed by atoms with Crippen molar-refractivity contribution >= 4 is 31.9 Å². The topological polar surface area (TPSA) is 21.3 Å². The molecule has 0 saturated carbocycles. The van der Waals surface area contributed by atoms with Gasteiger partial charge in [0.25, 0.3) is 0 Å². The summed E-state index contributed by atoms with van der Waals surface area (Å²) in [6, 6.07) is 10.7. The van der Waals surface area contributed by atoms with Crippen molar-refractivity contribution in [2.75, 3.05) is 6.54 Å². The Morgan fingerprint density at radius 2 is 1.95 bits per heavy atom. The Morgan fingerprint density at radius 1 is 1.14 bits per heavy atom. The number of hydrogen-bond donors (Lipinski definition) is 1. The molecule has 112 valence electrons. The van der Waals surface area contributed by atoms with Gasteiger partial charge in [-0.1, -0.05) is 50.9 Å². The van der Waals surface area contributed by atoms with Gasteiger partial charge in [-0.15, -0.1) is 0 Å². The molecule has 0 aliphatic heterocycles. The Balaban J connectivity index is 2.04. The lowest BCUT2D eigenvalue weighted by Crippen LogP contribution is -2.11. The standard InChI is InChI=1S/C16H16Br2FNO/c1-2-20-9-11-3-4-12(14(18)7-11)10-21-16-8-13(17)5-6-15(16)19/h3-8,20H,2,9-10H2,1H3. The van der Waals surface area contributed by atoms with Gasteiger partial charge in [-0.25, -0.2) is 4.39 Å². The van der Waals surface area contributed by atoms with E-state index in [0.29, 0.717) is 6.61 Å². The number of halogens is 3. The van der Waals surface area contributed by atoms with Crippen LogP contribution in [0.3, 0.4) is 0 Å². The summed E-state index contributed by atoms with van der Waals surface area (Å²) in [5.74, 6) is -0.119. The first-order valence-electron chi connectivity index (χ1n) is 6.66. The van der Waals surface area contributed by atoms with Crippen molar-refractivity contribution in [3.8, 4) is 5.75 Å². The fourth-order valence-electron chi connectivity index (χ4n) is 1.83. The van der Waals surface area contributed by atoms with Crippen LogP contribution in [0.5, 0.6) is 5.75 Å². The smallest absolute Gasteiger partial charge is 0.165 e. The third-order valence-corrected chi connectivity index (χ3v) is 4.20. The number of benzene rings is 2. The van der Waals surface area contributed by atoms with Crippen molar-refractivity contribution in [3.05, 3.63) is 62.3 Å². The van der Waals surface area contributed by atoms with E-state index in [2.05, 4.69) is 50.2 Å². The van der Waals surface area contributed by atoms with Crippen molar-refractivity contribution in [1.29, 1.82) is 0 Å². The molecule has 0 atom stereocenters. The van der Waals surface area contributed by atoms with Crippen molar-refractivity contribution in [2.45, 2.75) is 20.1 Å². The molecule has 2 rings (SSSR count). The molecule has 0 aliphatic rings. The molecule has 0 unspecified atom stereocenters. The highest BCUT2D eigenvalue weighted by atomic mass is 79.9. The minimum Gasteiger partial charge on any atom is -0.486 e. The van der Waals surface area contributed by atoms with Crippen LogP contribution in [0.15, 0.2) is 45.3 Å². The highest BCUT2D eigenvalue weighted by Crippen LogP contribution is 2.25. The van der Waals surface area contributed by atoms with E-state index in [0.717, 1.165) is 27.6 Å². The van der Waals surface area contributed by atoms with Gasteiger partial charge < -0.3 is 10.1 Å². The minimum absolute atomic E-state index is 0.244. The molecule has 0 heterocycles. The maximum atomic E-state index is 13.6. The minimum atomic E-state index is -0.363. The van der Waals surface area contributed by atoms with Gasteiger partial charge in [-0.2, -0.15) is 0 Å². The molecule has 0 aliphatic carbocycles. The lowest BCUT2D eigenvalue weighted by Gasteiger charge is -2.11. The van der Waals surface area contributed by atoms with E-state index in [-0.39, 0.29) is 11.6 Å². The summed E-state index contributed by atoms with van der Waals surface area (Å²) in [4.78, 5) is 0. The maximum absolute atomic E-state index is 13.6. The van der Waals surface area contributed by atoms with Crippen molar-refractivity contribution in [2.24, 2.45) is 0 Å². The Hall–Kier alpha value is -0.910. The van der Waals surface area contributed by atoms with Gasteiger partial charge in [0.2, 0.25) is 0 Å². The summed E-state index contributed by atoms with van der Waals surface area (Å²) in [6.07, 6.45) is 0. The molecule has 0 saturated heterocycles. The molecule has 0 aromatic heterocycles. The number of hydrogen-bond acceptors (Lipinski definition) is 2. The zero-order valence-electron chi connectivity index (χ0n) is 11.6. The summed E-state index contributed by atoms with van der Waals surface area (Å²) >= 11 is 6.84. The zero-order valence-corrected chi connectivity index (χ0v) is 14.8. The first kappa shape index (κ1) is 16.5. The average Bonchev–Trinajstić information content (AvgIpc) is 2.47. The molecular formula is C16H16Br2FNO. The van der Waals surface area contributed by atoms with Gasteiger partial charge in [0, 0.05) is 21.1 Å². The van der Waals surface area contributed by atoms with Gasteiger partial charge in [0.15, 0.2) is 11.6 Å². The molecule has 0 spiro atoms. The summed E-state index contributed by atoms with van der Waals surface area (Å²) in [7, 11) is 0. The fraction of sp³-hybridized carbons (Fsp3) is 0.250. The third-order valence-electron chi connectivity index (χ3n) is 2.97. The van der Waals surface area contributed by atoms with E-state index in [4.69, 9.17) is 4.74 Å². The molecule has 2 aromatic rings. The number of rotatable bonds is 6. The second-order valence-corrected chi connectivity index (χ2v) is 6.34. The molecule has 1 N–H and O–H groups in total. The second-order valence-electron chi connectivity index (χ2n) is 4.57. The molecule has 5 heteroatoms. The predicted octanol–water partition coefficient (Wildman–Crippen LogP) is 5.04. The molecule has 2 aromatic carbocycles. The van der Waals surface area contributed by atoms with Crippen molar-refractivity contribution < 1.29 is 9.13 Å². The van der Waals surface area contributed by atoms with Crippen molar-refractivity contribution in [3.63, 3.8) is 0 Å². The Labute approximate surface area is 141 Å². The van der Waals surface area contributed by atoms with Gasteiger partial charge in [0.05, 0.1) is 0 Å². The molecule has 21 heavy (non-hydrogen) atoms. The van der Waals surface area contributed by atoms with E-state index in [1.807, 2.05) is 12.1 Å². The van der Waals surface area contributed by atoms with E-state index in [1.165, 1.54) is 11.6 Å². The Kier molecular flexibility index (Phi) is 6.21. The van der Waals surface area contributed by atoms with E-state index in [9.17, 15) is 4.39 Å². The Morgan fingerprint density at radius 3 is 2.67 bits per heavy atom. The molecular weight excluding hydrogens is 401 g/mol. The van der Waals surface area contributed by atoms with E-state index < -0.39 is 0 Å². The first-order valence-corrected chi connectivity index (χ1v) is 8.24. The summed E-state index contributed by atoms with van der Waals surface area (Å²) in [5, 5.41) is 3.28. The highest BCUT2D eigenvalue weighted by Gasteiger charge is 2.07. The SMILES string of the molecule is CCNCc1ccc(COc2cc(Br)ccc2F)c(Br)c1. The molecule has 0 fully saturated rings. The van der Waals surface area contributed by atoms with Crippen LogP contribution in [0.2, 0.25) is 0 Å². The zero-order chi connectivity index (χ0) is 15.2. The van der Waals surface area contributed by atoms with Crippen LogP contribution in [0.4, 0.5) is 4.39 Å². The summed E-state index contributed by atoms with van der Waals surface area (Å²) in [5.41, 5.74) is 2.18. The third kappa shape index (κ3) is 4.80. The number of ether oxygens (including phenoxy) is 1. The molecule has 0 amide bonds. The van der Waals surface area contributed by atoms with Gasteiger partial charge in [-0.3, -0.25) is 0 Å². The number of nitrogens with one attached hydrogen (secondary N) is 1. The molecule has 2 nitrogen and oxygen atoms in total. The normalized spacial score (nSPS) is 10.7. The quantitative estimate of drug-likeness (QED) is 0.712. The van der Waals surface area contributed by atoms with Crippen LogP contribution in [0.25, 0.3) is 0 Å².